The van der Waals surface area contributed by atoms with Gasteiger partial charge in [0.15, 0.2) is 11.5 Å². The highest BCUT2D eigenvalue weighted by molar-refractivity contribution is 8.03. The topological polar surface area (TPSA) is 97.5 Å². The van der Waals surface area contributed by atoms with Gasteiger partial charge in [-0.3, -0.25) is 0 Å². The lowest BCUT2D eigenvalue weighted by Gasteiger charge is -2.11. The van der Waals surface area contributed by atoms with Gasteiger partial charge < -0.3 is 23.8 Å². The van der Waals surface area contributed by atoms with Crippen LogP contribution in [0.15, 0.2) is 26.7 Å². The fraction of sp³-hybridized carbons (Fsp3) is 0.214. The Balaban J connectivity index is 2.39. The number of thioether (sulfide) groups is 1. The summed E-state index contributed by atoms with van der Waals surface area (Å²) in [5, 5.41) is 19.1. The van der Waals surface area contributed by atoms with Crippen LogP contribution in [0.4, 0.5) is 0 Å². The second-order valence-electron chi connectivity index (χ2n) is 4.22. The Morgan fingerprint density at radius 2 is 2.09 bits per heavy atom. The van der Waals surface area contributed by atoms with E-state index in [4.69, 9.17) is 25.5 Å². The number of carboxylic acids is 1. The highest BCUT2D eigenvalue weighted by atomic mass is 35.5. The molecular weight excluding hydrogens is 344 g/mol. The lowest BCUT2D eigenvalue weighted by Crippen LogP contribution is -2.23. The van der Waals surface area contributed by atoms with E-state index in [1.165, 1.54) is 20.3 Å². The molecule has 0 fully saturated rings. The van der Waals surface area contributed by atoms with Crippen LogP contribution >= 0.6 is 23.4 Å². The predicted molar refractivity (Wildman–Crippen MR) is 82.4 cm³/mol. The third kappa shape index (κ3) is 4.17. The first kappa shape index (κ1) is 17.2. The number of aromatic nitrogens is 2. The molecule has 1 aromatic carbocycles. The lowest BCUT2D eigenvalue weighted by molar-refractivity contribution is -0.298. The van der Waals surface area contributed by atoms with Crippen LogP contribution in [0.5, 0.6) is 11.5 Å². The van der Waals surface area contributed by atoms with Gasteiger partial charge in [-0.25, -0.2) is 0 Å². The van der Waals surface area contributed by atoms with E-state index in [0.717, 1.165) is 11.8 Å². The number of hydrogen-bond acceptors (Lipinski definition) is 8. The fourth-order valence-electron chi connectivity index (χ4n) is 1.72. The van der Waals surface area contributed by atoms with Gasteiger partial charge >= 0.3 is 0 Å². The summed E-state index contributed by atoms with van der Waals surface area (Å²) >= 11 is 6.88. The maximum atomic E-state index is 11.3. The Labute approximate surface area is 141 Å². The number of ether oxygens (including phenoxy) is 2. The number of nitrogens with zero attached hydrogens (tertiary/aromatic N) is 2. The van der Waals surface area contributed by atoms with Crippen molar-refractivity contribution in [1.29, 1.82) is 0 Å². The van der Waals surface area contributed by atoms with Crippen LogP contribution in [0.2, 0.25) is 5.02 Å². The van der Waals surface area contributed by atoms with Crippen LogP contribution in [0.1, 0.15) is 11.5 Å². The predicted octanol–water partition coefficient (Wildman–Crippen LogP) is 1.93. The molecule has 0 saturated carbocycles. The maximum absolute atomic E-state index is 11.3. The van der Waals surface area contributed by atoms with E-state index in [-0.39, 0.29) is 15.2 Å². The zero-order chi connectivity index (χ0) is 17.0. The number of halogens is 1. The molecule has 0 aliphatic carbocycles. The number of hydrogen-bond donors (Lipinski definition) is 0. The Bertz CT molecular complexity index is 760. The molecule has 122 valence electrons. The van der Waals surface area contributed by atoms with Crippen molar-refractivity contribution in [2.24, 2.45) is 0 Å². The van der Waals surface area contributed by atoms with Gasteiger partial charge in [-0.05, 0) is 35.5 Å². The van der Waals surface area contributed by atoms with Crippen molar-refractivity contribution in [1.82, 2.24) is 10.2 Å². The lowest BCUT2D eigenvalue weighted by atomic mass is 10.2. The molecule has 2 rings (SSSR count). The van der Waals surface area contributed by atoms with Gasteiger partial charge in [-0.2, -0.15) is 0 Å². The molecule has 7 nitrogen and oxygen atoms in total. The summed E-state index contributed by atoms with van der Waals surface area (Å²) in [7, 11) is 2.91. The minimum absolute atomic E-state index is 0.101. The summed E-state index contributed by atoms with van der Waals surface area (Å²) in [5.74, 6) is -0.305. The molecule has 0 amide bonds. The molecule has 9 heteroatoms. The molecule has 23 heavy (non-hydrogen) atoms. The minimum atomic E-state index is -1.38. The van der Waals surface area contributed by atoms with Gasteiger partial charge in [0, 0.05) is 11.8 Å². The van der Waals surface area contributed by atoms with Gasteiger partial charge in [-0.15, -0.1) is 10.2 Å². The molecule has 0 spiro atoms. The molecule has 0 saturated heterocycles. The first-order valence-electron chi connectivity index (χ1n) is 6.27. The molecule has 0 radical (unpaired) electrons. The van der Waals surface area contributed by atoms with Crippen molar-refractivity contribution >= 4 is 35.4 Å². The highest BCUT2D eigenvalue weighted by Crippen LogP contribution is 2.37. The van der Waals surface area contributed by atoms with Crippen LogP contribution in [0.3, 0.4) is 0 Å². The molecule has 0 N–H and O–H groups in total. The van der Waals surface area contributed by atoms with Gasteiger partial charge in [-0.1, -0.05) is 11.6 Å². The molecule has 1 heterocycles. The third-order valence-electron chi connectivity index (χ3n) is 2.66. The number of methoxy groups -OCH3 is 2. The average molecular weight is 356 g/mol. The summed E-state index contributed by atoms with van der Waals surface area (Å²) in [5.41, 5.74) is 0.496. The third-order valence-corrected chi connectivity index (χ3v) is 3.78. The van der Waals surface area contributed by atoms with Crippen LogP contribution in [-0.2, 0) is 4.79 Å². The zero-order valence-corrected chi connectivity index (χ0v) is 14.0. The number of benzene rings is 1. The van der Waals surface area contributed by atoms with Crippen molar-refractivity contribution in [3.8, 4) is 11.5 Å². The summed E-state index contributed by atoms with van der Waals surface area (Å²) in [6.45, 7) is 1.60. The number of aryl methyl sites for hydroxylation is 1. The molecule has 0 aliphatic heterocycles. The van der Waals surface area contributed by atoms with Crippen molar-refractivity contribution < 1.29 is 23.8 Å². The second kappa shape index (κ2) is 7.38. The summed E-state index contributed by atoms with van der Waals surface area (Å²) in [4.78, 5) is 11.2. The summed E-state index contributed by atoms with van der Waals surface area (Å²) < 4.78 is 15.4. The van der Waals surface area contributed by atoms with Crippen LogP contribution in [-0.4, -0.2) is 30.4 Å². The number of aliphatic carboxylic acids is 1. The quantitative estimate of drug-likeness (QED) is 0.572. The number of rotatable bonds is 6. The number of carboxylic acid groups (broad SMARTS) is 1. The zero-order valence-electron chi connectivity index (χ0n) is 12.5. The number of carbonyl (C=O) groups is 1. The summed E-state index contributed by atoms with van der Waals surface area (Å²) in [6, 6.07) is 3.14. The first-order valence-corrected chi connectivity index (χ1v) is 7.46. The van der Waals surface area contributed by atoms with Gasteiger partial charge in [0.2, 0.25) is 5.89 Å². The fourth-order valence-corrected chi connectivity index (χ4v) is 2.72. The van der Waals surface area contributed by atoms with Gasteiger partial charge in [0.1, 0.15) is 0 Å². The Morgan fingerprint density at radius 3 is 2.61 bits per heavy atom. The second-order valence-corrected chi connectivity index (χ2v) is 5.62. The van der Waals surface area contributed by atoms with E-state index in [2.05, 4.69) is 10.2 Å². The van der Waals surface area contributed by atoms with Crippen LogP contribution in [0.25, 0.3) is 6.08 Å². The van der Waals surface area contributed by atoms with Crippen molar-refractivity contribution in [2.75, 3.05) is 14.2 Å². The van der Waals surface area contributed by atoms with E-state index in [1.807, 2.05) is 0 Å². The largest absolute Gasteiger partial charge is 0.544 e. The molecular formula is C14H12ClN2O5S-. The smallest absolute Gasteiger partial charge is 0.281 e. The van der Waals surface area contributed by atoms with E-state index >= 15 is 0 Å². The van der Waals surface area contributed by atoms with Gasteiger partial charge in [0.25, 0.3) is 5.22 Å². The molecule has 0 aliphatic rings. The van der Waals surface area contributed by atoms with Crippen molar-refractivity contribution in [3.05, 3.63) is 33.5 Å². The van der Waals surface area contributed by atoms with Crippen molar-refractivity contribution in [2.45, 2.75) is 12.1 Å². The SMILES string of the molecule is COc1cc(/C=C(/Sc2nnc(C)o2)C(=O)[O-])cc(Cl)c1OC. The maximum Gasteiger partial charge on any atom is 0.281 e. The monoisotopic (exact) mass is 355 g/mol. The normalized spacial score (nSPS) is 11.4. The van der Waals surface area contributed by atoms with E-state index in [9.17, 15) is 9.90 Å². The molecule has 0 bridgehead atoms. The van der Waals surface area contributed by atoms with E-state index in [1.54, 1.807) is 19.1 Å². The first-order chi connectivity index (χ1) is 10.9. The average Bonchev–Trinajstić information content (AvgIpc) is 2.91. The Hall–Kier alpha value is -2.19. The standard InChI is InChI=1S/C14H13ClN2O5S/c1-7-16-17-14(22-7)23-11(13(18)19)6-8-4-9(15)12(21-3)10(5-8)20-2/h4-6H,1-3H3,(H,18,19)/p-1/b11-6+. The van der Waals surface area contributed by atoms with Gasteiger partial charge in [0.05, 0.1) is 25.2 Å². The Morgan fingerprint density at radius 1 is 1.35 bits per heavy atom. The molecule has 0 atom stereocenters. The van der Waals surface area contributed by atoms with E-state index in [0.29, 0.717) is 23.0 Å². The number of carbonyl (C=O) groups excluding carboxylic acids is 1. The molecule has 0 unspecified atom stereocenters. The van der Waals surface area contributed by atoms with Crippen LogP contribution in [0, 0.1) is 6.92 Å². The summed E-state index contributed by atoms with van der Waals surface area (Å²) in [6.07, 6.45) is 1.37. The Kier molecular flexibility index (Phi) is 5.51. The highest BCUT2D eigenvalue weighted by Gasteiger charge is 2.13. The van der Waals surface area contributed by atoms with E-state index < -0.39 is 5.97 Å². The minimum Gasteiger partial charge on any atom is -0.544 e. The molecule has 1 aromatic heterocycles. The van der Waals surface area contributed by atoms with Crippen molar-refractivity contribution in [3.63, 3.8) is 0 Å². The molecule has 2 aromatic rings. The van der Waals surface area contributed by atoms with Crippen LogP contribution < -0.4 is 14.6 Å².